The van der Waals surface area contributed by atoms with Gasteiger partial charge in [-0.2, -0.15) is 0 Å². The number of aromatic nitrogens is 3. The lowest BCUT2D eigenvalue weighted by molar-refractivity contribution is -0.134. The van der Waals surface area contributed by atoms with Crippen LogP contribution in [0.1, 0.15) is 57.7 Å². The number of carbonyl (C=O) groups excluding carboxylic acids is 1. The van der Waals surface area contributed by atoms with Crippen molar-refractivity contribution in [1.82, 2.24) is 20.1 Å². The topological polar surface area (TPSA) is 61.9 Å². The number of amides is 1. The van der Waals surface area contributed by atoms with Gasteiger partial charge < -0.3 is 4.90 Å². The molecule has 2 aliphatic rings. The van der Waals surface area contributed by atoms with E-state index in [1.165, 1.54) is 50.3 Å². The summed E-state index contributed by atoms with van der Waals surface area (Å²) < 4.78 is 0. The monoisotopic (exact) mass is 322 g/mol. The average Bonchev–Trinajstić information content (AvgIpc) is 3.00. The van der Waals surface area contributed by atoms with E-state index in [9.17, 15) is 4.79 Å². The van der Waals surface area contributed by atoms with E-state index < -0.39 is 0 Å². The molecule has 0 aromatic carbocycles. The summed E-state index contributed by atoms with van der Waals surface area (Å²) in [6, 6.07) is 0.499. The van der Waals surface area contributed by atoms with Gasteiger partial charge in [0, 0.05) is 19.0 Å². The Kier molecular flexibility index (Phi) is 5.39. The Balaban J connectivity index is 1.54. The van der Waals surface area contributed by atoms with Crippen molar-refractivity contribution in [3.8, 4) is 0 Å². The van der Waals surface area contributed by atoms with Crippen molar-refractivity contribution in [2.45, 2.75) is 69.5 Å². The Labute approximate surface area is 136 Å². The predicted molar refractivity (Wildman–Crippen MR) is 87.8 cm³/mol. The molecule has 0 unspecified atom stereocenters. The van der Waals surface area contributed by atoms with Gasteiger partial charge in [0.2, 0.25) is 11.1 Å². The third-order valence-electron chi connectivity index (χ3n) is 4.89. The number of carbonyl (C=O) groups is 1. The highest BCUT2D eigenvalue weighted by Crippen LogP contribution is 2.35. The number of fused-ring (bicyclic) bond motifs is 1. The van der Waals surface area contributed by atoms with Crippen LogP contribution in [0.3, 0.4) is 0 Å². The molecule has 6 heteroatoms. The highest BCUT2D eigenvalue weighted by atomic mass is 32.2. The summed E-state index contributed by atoms with van der Waals surface area (Å²) in [4.78, 5) is 19.2. The Hall–Kier alpha value is -1.04. The molecule has 22 heavy (non-hydrogen) atoms. The SMILES string of the molecule is CCCc1nc(SCC(=O)N2CCC[C@H]3CCCC[C@H]32)n[nH]1. The number of hydrogen-bond donors (Lipinski definition) is 1. The highest BCUT2D eigenvalue weighted by Gasteiger charge is 2.35. The van der Waals surface area contributed by atoms with E-state index >= 15 is 0 Å². The lowest BCUT2D eigenvalue weighted by Gasteiger charge is -2.44. The van der Waals surface area contributed by atoms with Gasteiger partial charge in [0.15, 0.2) is 0 Å². The average molecular weight is 322 g/mol. The van der Waals surface area contributed by atoms with Crippen molar-refractivity contribution in [3.63, 3.8) is 0 Å². The van der Waals surface area contributed by atoms with Gasteiger partial charge >= 0.3 is 0 Å². The van der Waals surface area contributed by atoms with Gasteiger partial charge in [0.05, 0.1) is 5.75 Å². The number of aryl methyl sites for hydroxylation is 1. The second-order valence-corrected chi connectivity index (χ2v) is 7.39. The second kappa shape index (κ2) is 7.49. The largest absolute Gasteiger partial charge is 0.339 e. The third kappa shape index (κ3) is 3.65. The third-order valence-corrected chi connectivity index (χ3v) is 5.72. The van der Waals surface area contributed by atoms with E-state index in [0.29, 0.717) is 17.0 Å². The molecular weight excluding hydrogens is 296 g/mol. The molecule has 1 N–H and O–H groups in total. The van der Waals surface area contributed by atoms with Crippen LogP contribution in [-0.2, 0) is 11.2 Å². The fourth-order valence-corrected chi connectivity index (χ4v) is 4.54. The van der Waals surface area contributed by atoms with Crippen LogP contribution in [0, 0.1) is 5.92 Å². The number of thioether (sulfide) groups is 1. The van der Waals surface area contributed by atoms with E-state index in [1.54, 1.807) is 0 Å². The van der Waals surface area contributed by atoms with Crippen LogP contribution in [-0.4, -0.2) is 44.3 Å². The first-order valence-corrected chi connectivity index (χ1v) is 9.60. The smallest absolute Gasteiger partial charge is 0.233 e. The molecule has 1 aromatic rings. The van der Waals surface area contributed by atoms with Crippen LogP contribution in [0.4, 0.5) is 0 Å². The second-order valence-electron chi connectivity index (χ2n) is 6.44. The molecule has 0 spiro atoms. The van der Waals surface area contributed by atoms with Gasteiger partial charge in [-0.3, -0.25) is 9.89 Å². The molecule has 1 saturated heterocycles. The Morgan fingerprint density at radius 2 is 2.14 bits per heavy atom. The molecule has 2 heterocycles. The first-order chi connectivity index (χ1) is 10.8. The molecule has 0 bridgehead atoms. The molecular formula is C16H26N4OS. The zero-order valence-electron chi connectivity index (χ0n) is 13.4. The van der Waals surface area contributed by atoms with Gasteiger partial charge in [-0.1, -0.05) is 31.5 Å². The number of hydrogen-bond acceptors (Lipinski definition) is 4. The quantitative estimate of drug-likeness (QED) is 0.847. The first-order valence-electron chi connectivity index (χ1n) is 8.61. The summed E-state index contributed by atoms with van der Waals surface area (Å²) in [6.07, 6.45) is 9.56. The van der Waals surface area contributed by atoms with Crippen LogP contribution in [0.15, 0.2) is 5.16 Å². The van der Waals surface area contributed by atoms with Crippen LogP contribution in [0.5, 0.6) is 0 Å². The van der Waals surface area contributed by atoms with Crippen LogP contribution < -0.4 is 0 Å². The van der Waals surface area contributed by atoms with E-state index in [4.69, 9.17) is 0 Å². The van der Waals surface area contributed by atoms with E-state index in [1.807, 2.05) is 0 Å². The molecule has 1 saturated carbocycles. The van der Waals surface area contributed by atoms with Crippen molar-refractivity contribution in [3.05, 3.63) is 5.82 Å². The lowest BCUT2D eigenvalue weighted by Crippen LogP contribution is -2.50. The van der Waals surface area contributed by atoms with Crippen LogP contribution in [0.2, 0.25) is 0 Å². The highest BCUT2D eigenvalue weighted by molar-refractivity contribution is 7.99. The molecule has 1 aliphatic carbocycles. The molecule has 5 nitrogen and oxygen atoms in total. The molecule has 3 rings (SSSR count). The maximum atomic E-state index is 12.6. The maximum Gasteiger partial charge on any atom is 0.233 e. The number of rotatable bonds is 5. The predicted octanol–water partition coefficient (Wildman–Crippen LogP) is 3.03. The molecule has 1 aliphatic heterocycles. The van der Waals surface area contributed by atoms with E-state index in [0.717, 1.165) is 31.1 Å². The normalized spacial score (nSPS) is 25.0. The number of nitrogens with zero attached hydrogens (tertiary/aromatic N) is 3. The number of piperidine rings is 1. The fourth-order valence-electron chi connectivity index (χ4n) is 3.83. The summed E-state index contributed by atoms with van der Waals surface area (Å²) >= 11 is 1.46. The van der Waals surface area contributed by atoms with Gasteiger partial charge in [-0.25, -0.2) is 4.98 Å². The summed E-state index contributed by atoms with van der Waals surface area (Å²) in [6.45, 7) is 3.06. The fraction of sp³-hybridized carbons (Fsp3) is 0.812. The Bertz CT molecular complexity index is 502. The minimum Gasteiger partial charge on any atom is -0.339 e. The van der Waals surface area contributed by atoms with Gasteiger partial charge in [0.1, 0.15) is 5.82 Å². The number of H-pyrrole nitrogens is 1. The van der Waals surface area contributed by atoms with Gasteiger partial charge in [-0.05, 0) is 38.0 Å². The number of likely N-dealkylation sites (tertiary alicyclic amines) is 1. The summed E-state index contributed by atoms with van der Waals surface area (Å²) in [7, 11) is 0. The van der Waals surface area contributed by atoms with Crippen LogP contribution >= 0.6 is 11.8 Å². The number of nitrogens with one attached hydrogen (secondary N) is 1. The molecule has 2 atom stereocenters. The van der Waals surface area contributed by atoms with E-state index in [-0.39, 0.29) is 5.91 Å². The van der Waals surface area contributed by atoms with Crippen LogP contribution in [0.25, 0.3) is 0 Å². The van der Waals surface area contributed by atoms with Crippen molar-refractivity contribution >= 4 is 17.7 Å². The zero-order chi connectivity index (χ0) is 15.4. The lowest BCUT2D eigenvalue weighted by atomic mass is 9.78. The molecule has 1 aromatic heterocycles. The Morgan fingerprint density at radius 1 is 1.32 bits per heavy atom. The zero-order valence-corrected chi connectivity index (χ0v) is 14.2. The minimum absolute atomic E-state index is 0.267. The summed E-state index contributed by atoms with van der Waals surface area (Å²) in [5, 5.41) is 7.84. The van der Waals surface area contributed by atoms with Crippen molar-refractivity contribution in [1.29, 1.82) is 0 Å². The molecule has 1 amide bonds. The summed E-state index contributed by atoms with van der Waals surface area (Å²) in [5.41, 5.74) is 0. The molecule has 0 radical (unpaired) electrons. The molecule has 122 valence electrons. The maximum absolute atomic E-state index is 12.6. The Morgan fingerprint density at radius 3 is 3.00 bits per heavy atom. The van der Waals surface area contributed by atoms with E-state index in [2.05, 4.69) is 27.0 Å². The van der Waals surface area contributed by atoms with Crippen molar-refractivity contribution in [2.75, 3.05) is 12.3 Å². The molecule has 2 fully saturated rings. The minimum atomic E-state index is 0.267. The standard InChI is InChI=1S/C16H26N4OS/c1-2-6-14-17-16(19-18-14)22-11-15(21)20-10-5-8-12-7-3-4-9-13(12)20/h12-13H,2-11H2,1H3,(H,17,18,19)/t12-,13-/m1/s1. The van der Waals surface area contributed by atoms with Crippen molar-refractivity contribution in [2.24, 2.45) is 5.92 Å². The van der Waals surface area contributed by atoms with Crippen molar-refractivity contribution < 1.29 is 4.79 Å². The van der Waals surface area contributed by atoms with Gasteiger partial charge in [-0.15, -0.1) is 5.10 Å². The first kappa shape index (κ1) is 15.8. The van der Waals surface area contributed by atoms with Gasteiger partial charge in [0.25, 0.3) is 0 Å². The summed E-state index contributed by atoms with van der Waals surface area (Å²) in [5.74, 6) is 2.40. The number of aromatic amines is 1.